The molecule has 1 aromatic heterocycles. The van der Waals surface area contributed by atoms with Gasteiger partial charge in [-0.1, -0.05) is 0 Å². The van der Waals surface area contributed by atoms with Gasteiger partial charge >= 0.3 is 0 Å². The van der Waals surface area contributed by atoms with Gasteiger partial charge in [0.05, 0.1) is 13.2 Å². The monoisotopic (exact) mass is 252 g/mol. The fraction of sp³-hybridized carbons (Fsp3) is 0.500. The first kappa shape index (κ1) is 12.5. The number of morpholine rings is 1. The van der Waals surface area contributed by atoms with E-state index in [-0.39, 0.29) is 11.9 Å². The summed E-state index contributed by atoms with van der Waals surface area (Å²) in [5.41, 5.74) is 2.45. The van der Waals surface area contributed by atoms with Crippen LogP contribution in [0.15, 0.2) is 12.4 Å². The summed E-state index contributed by atoms with van der Waals surface area (Å²) in [4.78, 5) is 21.8. The Labute approximate surface area is 104 Å². The first-order valence-corrected chi connectivity index (χ1v) is 5.61. The molecule has 18 heavy (non-hydrogen) atoms. The van der Waals surface area contributed by atoms with Crippen molar-refractivity contribution in [2.24, 2.45) is 5.84 Å². The van der Waals surface area contributed by atoms with E-state index in [4.69, 9.17) is 10.6 Å². The quantitative estimate of drug-likeness (QED) is 0.454. The number of hydrogen-bond acceptors (Lipinski definition) is 7. The first-order valence-electron chi connectivity index (χ1n) is 5.61. The van der Waals surface area contributed by atoms with Crippen LogP contribution in [-0.4, -0.2) is 48.7 Å². The average Bonchev–Trinajstić information content (AvgIpc) is 2.46. The van der Waals surface area contributed by atoms with Gasteiger partial charge in [-0.3, -0.25) is 4.79 Å². The van der Waals surface area contributed by atoms with Gasteiger partial charge in [0.1, 0.15) is 24.0 Å². The van der Waals surface area contributed by atoms with Crippen LogP contribution in [0.4, 0.5) is 11.6 Å². The second-order valence-corrected chi connectivity index (χ2v) is 3.80. The number of hydrazine groups is 1. The average molecular weight is 252 g/mol. The summed E-state index contributed by atoms with van der Waals surface area (Å²) < 4.78 is 5.33. The van der Waals surface area contributed by atoms with Crippen molar-refractivity contribution in [2.45, 2.75) is 6.04 Å². The highest BCUT2D eigenvalue weighted by Crippen LogP contribution is 2.18. The minimum atomic E-state index is -0.385. The molecule has 1 aliphatic rings. The lowest BCUT2D eigenvalue weighted by atomic mass is 10.2. The van der Waals surface area contributed by atoms with Gasteiger partial charge in [0.15, 0.2) is 0 Å². The summed E-state index contributed by atoms with van der Waals surface area (Å²) in [5, 5.41) is 2.62. The summed E-state index contributed by atoms with van der Waals surface area (Å²) in [7, 11) is 1.60. The molecular formula is C10H16N6O2. The summed E-state index contributed by atoms with van der Waals surface area (Å²) in [6, 6.07) is 1.31. The largest absolute Gasteiger partial charge is 0.377 e. The molecule has 0 bridgehead atoms. The number of rotatable bonds is 3. The maximum Gasteiger partial charge on any atom is 0.244 e. The minimum absolute atomic E-state index is 0.101. The number of likely N-dealkylation sites (N-methyl/N-ethyl adjacent to an activating group) is 1. The van der Waals surface area contributed by atoms with Gasteiger partial charge < -0.3 is 20.4 Å². The molecule has 8 nitrogen and oxygen atoms in total. The number of nitrogen functional groups attached to an aromatic ring is 1. The van der Waals surface area contributed by atoms with Gasteiger partial charge in [-0.05, 0) is 0 Å². The number of amides is 1. The van der Waals surface area contributed by atoms with E-state index in [9.17, 15) is 4.79 Å². The molecule has 0 radical (unpaired) electrons. The van der Waals surface area contributed by atoms with Crippen LogP contribution < -0.4 is 21.5 Å². The van der Waals surface area contributed by atoms with Gasteiger partial charge in [0, 0.05) is 19.7 Å². The van der Waals surface area contributed by atoms with Crippen molar-refractivity contribution >= 4 is 17.5 Å². The Balaban J connectivity index is 2.24. The minimum Gasteiger partial charge on any atom is -0.377 e. The summed E-state index contributed by atoms with van der Waals surface area (Å²) >= 11 is 0. The van der Waals surface area contributed by atoms with E-state index in [0.717, 1.165) is 0 Å². The Morgan fingerprint density at radius 2 is 2.44 bits per heavy atom. The van der Waals surface area contributed by atoms with Crippen LogP contribution in [-0.2, 0) is 9.53 Å². The third-order valence-electron chi connectivity index (χ3n) is 2.77. The number of aromatic nitrogens is 2. The molecule has 1 aliphatic heterocycles. The van der Waals surface area contributed by atoms with Gasteiger partial charge in [-0.15, -0.1) is 0 Å². The smallest absolute Gasteiger partial charge is 0.244 e. The normalized spacial score (nSPS) is 19.4. The Kier molecular flexibility index (Phi) is 3.90. The lowest BCUT2D eigenvalue weighted by molar-refractivity contribution is -0.124. The van der Waals surface area contributed by atoms with E-state index in [1.54, 1.807) is 13.1 Å². The van der Waals surface area contributed by atoms with Crippen LogP contribution in [0.2, 0.25) is 0 Å². The van der Waals surface area contributed by atoms with E-state index in [0.29, 0.717) is 31.4 Å². The molecule has 1 fully saturated rings. The standard InChI is InChI=1S/C10H16N6O2/c1-12-10(17)7-5-18-3-2-16(7)9-4-8(15-11)13-6-14-9/h4,6-7H,2-3,5,11H2,1H3,(H,12,17)(H,13,14,15). The lowest BCUT2D eigenvalue weighted by Crippen LogP contribution is -2.53. The number of carbonyl (C=O) groups excluding carboxylic acids is 1. The molecule has 0 aliphatic carbocycles. The van der Waals surface area contributed by atoms with Crippen molar-refractivity contribution in [1.29, 1.82) is 0 Å². The Bertz CT molecular complexity index is 427. The van der Waals surface area contributed by atoms with E-state index >= 15 is 0 Å². The van der Waals surface area contributed by atoms with Crippen LogP contribution in [0.1, 0.15) is 0 Å². The molecule has 1 aromatic rings. The molecule has 2 heterocycles. The number of hydrogen-bond donors (Lipinski definition) is 3. The van der Waals surface area contributed by atoms with E-state index < -0.39 is 0 Å². The Morgan fingerprint density at radius 1 is 1.61 bits per heavy atom. The van der Waals surface area contributed by atoms with Gasteiger partial charge in [0.2, 0.25) is 5.91 Å². The van der Waals surface area contributed by atoms with Crippen LogP contribution >= 0.6 is 0 Å². The highest BCUT2D eigenvalue weighted by molar-refractivity contribution is 5.85. The molecule has 8 heteroatoms. The highest BCUT2D eigenvalue weighted by Gasteiger charge is 2.29. The third kappa shape index (κ3) is 2.49. The van der Waals surface area contributed by atoms with Gasteiger partial charge in [-0.2, -0.15) is 0 Å². The summed E-state index contributed by atoms with van der Waals surface area (Å²) in [6.07, 6.45) is 1.40. The van der Waals surface area contributed by atoms with Crippen molar-refractivity contribution < 1.29 is 9.53 Å². The van der Waals surface area contributed by atoms with Crippen LogP contribution in [0.3, 0.4) is 0 Å². The van der Waals surface area contributed by atoms with Gasteiger partial charge in [-0.25, -0.2) is 15.8 Å². The number of anilines is 2. The second kappa shape index (κ2) is 5.61. The lowest BCUT2D eigenvalue weighted by Gasteiger charge is -2.35. The number of nitrogens with two attached hydrogens (primary N) is 1. The molecule has 1 unspecified atom stereocenters. The maximum atomic E-state index is 11.8. The fourth-order valence-electron chi connectivity index (χ4n) is 1.84. The van der Waals surface area contributed by atoms with Crippen molar-refractivity contribution in [1.82, 2.24) is 15.3 Å². The topological polar surface area (TPSA) is 105 Å². The van der Waals surface area contributed by atoms with Crippen LogP contribution in [0.5, 0.6) is 0 Å². The molecule has 0 saturated carbocycles. The van der Waals surface area contributed by atoms with Crippen LogP contribution in [0, 0.1) is 0 Å². The zero-order valence-electron chi connectivity index (χ0n) is 10.1. The highest BCUT2D eigenvalue weighted by atomic mass is 16.5. The van der Waals surface area contributed by atoms with Gasteiger partial charge in [0.25, 0.3) is 0 Å². The Morgan fingerprint density at radius 3 is 3.17 bits per heavy atom. The number of nitrogens with zero attached hydrogens (tertiary/aromatic N) is 3. The zero-order chi connectivity index (χ0) is 13.0. The Hall–Kier alpha value is -1.93. The molecule has 0 aromatic carbocycles. The molecule has 0 spiro atoms. The van der Waals surface area contributed by atoms with Crippen molar-refractivity contribution in [3.8, 4) is 0 Å². The zero-order valence-corrected chi connectivity index (χ0v) is 10.1. The predicted molar refractivity (Wildman–Crippen MR) is 65.9 cm³/mol. The molecule has 1 saturated heterocycles. The SMILES string of the molecule is CNC(=O)C1COCCN1c1cc(NN)ncn1. The number of ether oxygens (including phenoxy) is 1. The molecule has 1 atom stereocenters. The predicted octanol–water partition coefficient (Wildman–Crippen LogP) is -1.29. The van der Waals surface area contributed by atoms with Crippen molar-refractivity contribution in [3.63, 3.8) is 0 Å². The molecule has 2 rings (SSSR count). The van der Waals surface area contributed by atoms with E-state index in [2.05, 4.69) is 20.7 Å². The summed E-state index contributed by atoms with van der Waals surface area (Å²) in [6.45, 7) is 1.50. The fourth-order valence-corrected chi connectivity index (χ4v) is 1.84. The molecule has 4 N–H and O–H groups in total. The maximum absolute atomic E-state index is 11.8. The van der Waals surface area contributed by atoms with E-state index in [1.165, 1.54) is 6.33 Å². The third-order valence-corrected chi connectivity index (χ3v) is 2.77. The molecule has 98 valence electrons. The first-order chi connectivity index (χ1) is 8.76. The van der Waals surface area contributed by atoms with Crippen LogP contribution in [0.25, 0.3) is 0 Å². The molecular weight excluding hydrogens is 236 g/mol. The van der Waals surface area contributed by atoms with Crippen molar-refractivity contribution in [3.05, 3.63) is 12.4 Å². The molecule has 1 amide bonds. The number of nitrogens with one attached hydrogen (secondary N) is 2. The second-order valence-electron chi connectivity index (χ2n) is 3.80. The number of carbonyl (C=O) groups is 1. The van der Waals surface area contributed by atoms with E-state index in [1.807, 2.05) is 4.90 Å². The van der Waals surface area contributed by atoms with Crippen molar-refractivity contribution in [2.75, 3.05) is 37.1 Å². The summed E-state index contributed by atoms with van der Waals surface area (Å²) in [5.74, 6) is 6.35.